The van der Waals surface area contributed by atoms with Gasteiger partial charge in [0.15, 0.2) is 0 Å². The van der Waals surface area contributed by atoms with Gasteiger partial charge in [0.05, 0.1) is 20.5 Å². The van der Waals surface area contributed by atoms with Crippen LogP contribution in [-0.4, -0.2) is 34.9 Å². The number of carbonyl (C=O) groups is 2. The summed E-state index contributed by atoms with van der Waals surface area (Å²) < 4.78 is 13.2. The molecule has 0 unspecified atom stereocenters. The van der Waals surface area contributed by atoms with Crippen LogP contribution in [-0.2, 0) is 0 Å². The van der Waals surface area contributed by atoms with Crippen LogP contribution in [0.4, 0.5) is 9.39 Å². The summed E-state index contributed by atoms with van der Waals surface area (Å²) in [6.45, 7) is 2.89. The summed E-state index contributed by atoms with van der Waals surface area (Å²) in [5.74, 6) is -0.848. The van der Waals surface area contributed by atoms with Gasteiger partial charge in [-0.25, -0.2) is 4.39 Å². The smallest absolute Gasteiger partial charge is 0.264 e. The molecule has 0 bridgehead atoms. The number of rotatable bonds is 4. The molecule has 1 aliphatic heterocycles. The van der Waals surface area contributed by atoms with Crippen LogP contribution in [0.5, 0.6) is 5.75 Å². The van der Waals surface area contributed by atoms with Crippen LogP contribution in [0, 0.1) is 12.7 Å². The molecule has 0 aliphatic carbocycles. The van der Waals surface area contributed by atoms with Crippen molar-refractivity contribution >= 4 is 45.3 Å². The van der Waals surface area contributed by atoms with Gasteiger partial charge in [0, 0.05) is 13.1 Å². The molecule has 2 aromatic carbocycles. The van der Waals surface area contributed by atoms with Crippen LogP contribution in [0.25, 0.3) is 5.57 Å². The first-order valence-electron chi connectivity index (χ1n) is 9.96. The molecule has 0 saturated heterocycles. The normalized spacial score (nSPS) is 13.6. The van der Waals surface area contributed by atoms with E-state index < -0.39 is 11.7 Å². The van der Waals surface area contributed by atoms with Crippen molar-refractivity contribution in [2.75, 3.05) is 18.4 Å². The fourth-order valence-corrected chi connectivity index (χ4v) is 4.83. The van der Waals surface area contributed by atoms with E-state index in [0.717, 1.165) is 22.8 Å². The molecular weight excluding hydrogens is 451 g/mol. The number of aryl methyl sites for hydroxylation is 1. The van der Waals surface area contributed by atoms with Gasteiger partial charge in [-0.15, -0.1) is 11.3 Å². The van der Waals surface area contributed by atoms with Gasteiger partial charge in [0.1, 0.15) is 11.6 Å². The summed E-state index contributed by atoms with van der Waals surface area (Å²) in [6.07, 6.45) is 2.74. The van der Waals surface area contributed by atoms with E-state index in [0.29, 0.717) is 29.4 Å². The number of phenolic OH excluding ortho intramolecular Hbond substituents is 1. The second-order valence-corrected chi connectivity index (χ2v) is 8.94. The highest BCUT2D eigenvalue weighted by Crippen LogP contribution is 2.31. The number of aromatic hydroxyl groups is 1. The third-order valence-corrected chi connectivity index (χ3v) is 6.71. The van der Waals surface area contributed by atoms with Crippen molar-refractivity contribution in [3.05, 3.63) is 87.0 Å². The average Bonchev–Trinajstić information content (AvgIpc) is 3.13. The maximum Gasteiger partial charge on any atom is 0.264 e. The molecule has 0 radical (unpaired) electrons. The van der Waals surface area contributed by atoms with Crippen molar-refractivity contribution in [3.63, 3.8) is 0 Å². The zero-order chi connectivity index (χ0) is 22.8. The Hall–Kier alpha value is -3.16. The molecule has 0 atom stereocenters. The molecular formula is C24H20ClFN2O3S. The van der Waals surface area contributed by atoms with Gasteiger partial charge in [-0.1, -0.05) is 29.8 Å². The number of amides is 2. The lowest BCUT2D eigenvalue weighted by Crippen LogP contribution is -2.34. The molecule has 0 fully saturated rings. The highest BCUT2D eigenvalue weighted by molar-refractivity contribution is 7.18. The highest BCUT2D eigenvalue weighted by atomic mass is 35.5. The monoisotopic (exact) mass is 470 g/mol. The van der Waals surface area contributed by atoms with E-state index in [1.807, 2.05) is 25.1 Å². The third-order valence-electron chi connectivity index (χ3n) is 5.26. The predicted molar refractivity (Wildman–Crippen MR) is 125 cm³/mol. The molecule has 4 rings (SSSR count). The number of halogens is 2. The van der Waals surface area contributed by atoms with Crippen molar-refractivity contribution in [1.82, 2.24) is 4.90 Å². The molecule has 1 aliphatic rings. The van der Waals surface area contributed by atoms with Gasteiger partial charge in [-0.2, -0.15) is 0 Å². The van der Waals surface area contributed by atoms with Crippen LogP contribution in [0.3, 0.4) is 0 Å². The summed E-state index contributed by atoms with van der Waals surface area (Å²) in [6, 6.07) is 12.4. The Bertz CT molecular complexity index is 1220. The Morgan fingerprint density at radius 3 is 2.56 bits per heavy atom. The maximum atomic E-state index is 13.2. The van der Waals surface area contributed by atoms with Crippen molar-refractivity contribution in [1.29, 1.82) is 0 Å². The fourth-order valence-electron chi connectivity index (χ4n) is 3.54. The number of carbonyl (C=O) groups excluding carboxylic acids is 2. The van der Waals surface area contributed by atoms with E-state index in [1.165, 1.54) is 23.5 Å². The number of benzene rings is 2. The predicted octanol–water partition coefficient (Wildman–Crippen LogP) is 5.74. The summed E-state index contributed by atoms with van der Waals surface area (Å²) in [7, 11) is 0. The lowest BCUT2D eigenvalue weighted by Gasteiger charge is -2.26. The van der Waals surface area contributed by atoms with Gasteiger partial charge in [-0.05, 0) is 66.4 Å². The molecule has 2 amide bonds. The Labute approximate surface area is 193 Å². The second kappa shape index (κ2) is 9.14. The molecule has 5 nitrogen and oxygen atoms in total. The highest BCUT2D eigenvalue weighted by Gasteiger charge is 2.23. The third kappa shape index (κ3) is 4.69. The van der Waals surface area contributed by atoms with Crippen LogP contribution in [0.15, 0.2) is 54.6 Å². The summed E-state index contributed by atoms with van der Waals surface area (Å²) >= 11 is 7.17. The lowest BCUT2D eigenvalue weighted by molar-refractivity contribution is 0.0777. The number of hydrogen-bond donors (Lipinski definition) is 2. The number of hydrogen-bond acceptors (Lipinski definition) is 4. The van der Waals surface area contributed by atoms with Crippen molar-refractivity contribution in [2.45, 2.75) is 13.3 Å². The van der Waals surface area contributed by atoms with Crippen molar-refractivity contribution in [3.8, 4) is 5.75 Å². The van der Waals surface area contributed by atoms with E-state index in [-0.39, 0.29) is 22.2 Å². The fraction of sp³-hybridized carbons (Fsp3) is 0.167. The first-order chi connectivity index (χ1) is 15.3. The Morgan fingerprint density at radius 2 is 1.91 bits per heavy atom. The van der Waals surface area contributed by atoms with Crippen LogP contribution < -0.4 is 5.32 Å². The number of anilines is 1. The molecule has 8 heteroatoms. The number of nitrogens with one attached hydrogen (secondary N) is 1. The van der Waals surface area contributed by atoms with E-state index >= 15 is 0 Å². The molecule has 1 aromatic heterocycles. The molecule has 3 aromatic rings. The molecule has 2 heterocycles. The number of phenols is 1. The van der Waals surface area contributed by atoms with Gasteiger partial charge in [0.25, 0.3) is 11.8 Å². The Balaban J connectivity index is 1.45. The summed E-state index contributed by atoms with van der Waals surface area (Å²) in [5.41, 5.74) is 3.11. The zero-order valence-corrected chi connectivity index (χ0v) is 18.8. The first-order valence-corrected chi connectivity index (χ1v) is 11.2. The van der Waals surface area contributed by atoms with Crippen molar-refractivity contribution < 1.29 is 19.1 Å². The maximum absolute atomic E-state index is 13.2. The van der Waals surface area contributed by atoms with Gasteiger partial charge < -0.3 is 15.3 Å². The summed E-state index contributed by atoms with van der Waals surface area (Å²) in [4.78, 5) is 27.9. The minimum absolute atomic E-state index is 0.0246. The molecule has 0 spiro atoms. The van der Waals surface area contributed by atoms with Crippen LogP contribution in [0.1, 0.15) is 37.6 Å². The first kappa shape index (κ1) is 22.0. The van der Waals surface area contributed by atoms with Gasteiger partial charge >= 0.3 is 0 Å². The quantitative estimate of drug-likeness (QED) is 0.511. The van der Waals surface area contributed by atoms with Gasteiger partial charge in [0.2, 0.25) is 0 Å². The van der Waals surface area contributed by atoms with E-state index in [1.54, 1.807) is 23.1 Å². The lowest BCUT2D eigenvalue weighted by atomic mass is 9.99. The summed E-state index contributed by atoms with van der Waals surface area (Å²) in [5, 5.41) is 12.7. The van der Waals surface area contributed by atoms with E-state index in [2.05, 4.69) is 5.32 Å². The molecule has 0 saturated carbocycles. The van der Waals surface area contributed by atoms with Crippen LogP contribution in [0.2, 0.25) is 5.02 Å². The SMILES string of the molecule is Cc1cc(NC(=O)c2ccc(F)cc2Cl)sc1C(=O)N1CC=C(c2ccc(O)cc2)CC1. The number of nitrogens with zero attached hydrogens (tertiary/aromatic N) is 1. The van der Waals surface area contributed by atoms with E-state index in [9.17, 15) is 19.1 Å². The largest absolute Gasteiger partial charge is 0.508 e. The molecule has 164 valence electrons. The van der Waals surface area contributed by atoms with Gasteiger partial charge in [-0.3, -0.25) is 9.59 Å². The molecule has 32 heavy (non-hydrogen) atoms. The van der Waals surface area contributed by atoms with Crippen LogP contribution >= 0.6 is 22.9 Å². The average molecular weight is 471 g/mol. The standard InChI is InChI=1S/C24H20ClFN2O3S/c1-14-12-21(27-23(30)19-7-4-17(26)13-20(19)25)32-22(14)24(31)28-10-8-16(9-11-28)15-2-5-18(29)6-3-15/h2-8,12-13,29H,9-11H2,1H3,(H,27,30). The Morgan fingerprint density at radius 1 is 1.16 bits per heavy atom. The topological polar surface area (TPSA) is 69.6 Å². The molecule has 2 N–H and O–H groups in total. The van der Waals surface area contributed by atoms with E-state index in [4.69, 9.17) is 11.6 Å². The minimum atomic E-state index is -0.518. The Kier molecular flexibility index (Phi) is 6.30. The second-order valence-electron chi connectivity index (χ2n) is 7.48. The minimum Gasteiger partial charge on any atom is -0.508 e. The number of thiophene rings is 1. The van der Waals surface area contributed by atoms with Crippen molar-refractivity contribution in [2.24, 2.45) is 0 Å². The zero-order valence-electron chi connectivity index (χ0n) is 17.2.